The van der Waals surface area contributed by atoms with E-state index in [1.165, 1.54) is 16.5 Å². The summed E-state index contributed by atoms with van der Waals surface area (Å²) in [4.78, 5) is 11.0. The van der Waals surface area contributed by atoms with Crippen molar-refractivity contribution >= 4 is 28.2 Å². The average molecular weight is 395 g/mol. The molecule has 2 heterocycles. The van der Waals surface area contributed by atoms with Crippen molar-refractivity contribution in [3.63, 3.8) is 0 Å². The standard InChI is InChI=1S/C18H20F3N5S/c1-11-4-3-5-13-16(11)12(8-24-13)6-7-23-17(22-2)25-9-15-26-14(10-27-15)18(19,20)21/h3-5,8,10,24H,6-7,9H2,1-2H3,(H2,22,23,25). The first-order valence-corrected chi connectivity index (χ1v) is 9.28. The Morgan fingerprint density at radius 3 is 2.81 bits per heavy atom. The monoisotopic (exact) mass is 395 g/mol. The van der Waals surface area contributed by atoms with E-state index in [0.29, 0.717) is 17.5 Å². The van der Waals surface area contributed by atoms with Crippen LogP contribution in [0.15, 0.2) is 34.8 Å². The number of alkyl halides is 3. The quantitative estimate of drug-likeness (QED) is 0.454. The third-order valence-corrected chi connectivity index (χ3v) is 5.00. The Kier molecular flexibility index (Phi) is 5.69. The number of fused-ring (bicyclic) bond motifs is 1. The predicted molar refractivity (Wildman–Crippen MR) is 102 cm³/mol. The van der Waals surface area contributed by atoms with Gasteiger partial charge in [-0.3, -0.25) is 4.99 Å². The molecule has 0 saturated heterocycles. The zero-order valence-electron chi connectivity index (χ0n) is 14.9. The fourth-order valence-electron chi connectivity index (χ4n) is 2.87. The minimum Gasteiger partial charge on any atom is -0.361 e. The predicted octanol–water partition coefficient (Wildman–Crippen LogP) is 3.86. The van der Waals surface area contributed by atoms with Gasteiger partial charge in [0, 0.05) is 36.1 Å². The van der Waals surface area contributed by atoms with E-state index in [4.69, 9.17) is 0 Å². The maximum absolute atomic E-state index is 12.6. The van der Waals surface area contributed by atoms with Crippen molar-refractivity contribution in [2.75, 3.05) is 13.6 Å². The van der Waals surface area contributed by atoms with Crippen molar-refractivity contribution in [1.29, 1.82) is 0 Å². The minimum absolute atomic E-state index is 0.187. The van der Waals surface area contributed by atoms with Crippen LogP contribution in [0.1, 0.15) is 21.8 Å². The van der Waals surface area contributed by atoms with Crippen molar-refractivity contribution < 1.29 is 13.2 Å². The molecule has 0 spiro atoms. The van der Waals surface area contributed by atoms with Crippen LogP contribution in [0.5, 0.6) is 0 Å². The summed E-state index contributed by atoms with van der Waals surface area (Å²) < 4.78 is 37.8. The third kappa shape index (κ3) is 4.60. The highest BCUT2D eigenvalue weighted by molar-refractivity contribution is 7.09. The van der Waals surface area contributed by atoms with Crippen molar-refractivity contribution in [2.24, 2.45) is 4.99 Å². The van der Waals surface area contributed by atoms with Gasteiger partial charge in [-0.15, -0.1) is 11.3 Å². The van der Waals surface area contributed by atoms with E-state index in [1.807, 2.05) is 18.3 Å². The van der Waals surface area contributed by atoms with E-state index in [9.17, 15) is 13.2 Å². The molecule has 0 radical (unpaired) electrons. The molecule has 0 saturated carbocycles. The highest BCUT2D eigenvalue weighted by atomic mass is 32.1. The highest BCUT2D eigenvalue weighted by Crippen LogP contribution is 2.29. The van der Waals surface area contributed by atoms with Gasteiger partial charge in [-0.25, -0.2) is 4.98 Å². The fourth-order valence-corrected chi connectivity index (χ4v) is 3.61. The molecule has 9 heteroatoms. The number of H-pyrrole nitrogens is 1. The van der Waals surface area contributed by atoms with E-state index >= 15 is 0 Å². The van der Waals surface area contributed by atoms with Crippen LogP contribution in [0.3, 0.4) is 0 Å². The Hall–Kier alpha value is -2.55. The summed E-state index contributed by atoms with van der Waals surface area (Å²) in [5, 5.41) is 8.78. The molecule has 27 heavy (non-hydrogen) atoms. The van der Waals surface area contributed by atoms with Gasteiger partial charge in [0.25, 0.3) is 0 Å². The number of aliphatic imine (C=N–C) groups is 1. The van der Waals surface area contributed by atoms with Crippen LogP contribution in [-0.4, -0.2) is 29.5 Å². The van der Waals surface area contributed by atoms with Gasteiger partial charge in [-0.2, -0.15) is 13.2 Å². The van der Waals surface area contributed by atoms with Crippen molar-refractivity contribution in [3.8, 4) is 0 Å². The van der Waals surface area contributed by atoms with E-state index in [2.05, 4.69) is 38.6 Å². The van der Waals surface area contributed by atoms with Gasteiger partial charge in [0.15, 0.2) is 11.7 Å². The van der Waals surface area contributed by atoms with Gasteiger partial charge < -0.3 is 15.6 Å². The summed E-state index contributed by atoms with van der Waals surface area (Å²) in [6.45, 7) is 2.91. The van der Waals surface area contributed by atoms with E-state index in [1.54, 1.807) is 7.05 Å². The van der Waals surface area contributed by atoms with Crippen LogP contribution in [-0.2, 0) is 19.1 Å². The molecule has 3 rings (SSSR count). The van der Waals surface area contributed by atoms with E-state index < -0.39 is 11.9 Å². The summed E-state index contributed by atoms with van der Waals surface area (Å²) in [7, 11) is 1.62. The Labute approximate surface area is 158 Å². The second kappa shape index (κ2) is 7.99. The molecule has 0 aliphatic heterocycles. The van der Waals surface area contributed by atoms with Crippen LogP contribution < -0.4 is 10.6 Å². The minimum atomic E-state index is -4.41. The summed E-state index contributed by atoms with van der Waals surface area (Å²) in [5.74, 6) is 0.523. The smallest absolute Gasteiger partial charge is 0.361 e. The number of aryl methyl sites for hydroxylation is 1. The van der Waals surface area contributed by atoms with Gasteiger partial charge in [0.05, 0.1) is 6.54 Å². The number of benzene rings is 1. The Morgan fingerprint density at radius 2 is 2.11 bits per heavy atom. The fraction of sp³-hybridized carbons (Fsp3) is 0.333. The first-order chi connectivity index (χ1) is 12.9. The number of aromatic amines is 1. The SMILES string of the molecule is CN=C(NCCc1c[nH]c2cccc(C)c12)NCc1nc(C(F)(F)F)cs1. The zero-order valence-corrected chi connectivity index (χ0v) is 15.8. The molecule has 0 bridgehead atoms. The van der Waals surface area contributed by atoms with Gasteiger partial charge in [0.2, 0.25) is 0 Å². The first-order valence-electron chi connectivity index (χ1n) is 8.40. The van der Waals surface area contributed by atoms with Crippen LogP contribution >= 0.6 is 11.3 Å². The molecule has 5 nitrogen and oxygen atoms in total. The lowest BCUT2D eigenvalue weighted by Crippen LogP contribution is -2.37. The topological polar surface area (TPSA) is 65.1 Å². The summed E-state index contributed by atoms with van der Waals surface area (Å²) in [5.41, 5.74) is 2.68. The highest BCUT2D eigenvalue weighted by Gasteiger charge is 2.33. The summed E-state index contributed by atoms with van der Waals surface area (Å²) in [6.07, 6.45) is -1.61. The number of rotatable bonds is 5. The van der Waals surface area contributed by atoms with E-state index in [0.717, 1.165) is 28.7 Å². The average Bonchev–Trinajstić information content (AvgIpc) is 3.25. The molecule has 0 atom stereocenters. The van der Waals surface area contributed by atoms with Crippen LogP contribution in [0.2, 0.25) is 0 Å². The number of aromatic nitrogens is 2. The van der Waals surface area contributed by atoms with Gasteiger partial charge in [-0.05, 0) is 30.5 Å². The zero-order chi connectivity index (χ0) is 19.4. The first kappa shape index (κ1) is 19.2. The molecular formula is C18H20F3N5S. The van der Waals surface area contributed by atoms with Crippen molar-refractivity contribution in [3.05, 3.63) is 51.6 Å². The molecule has 0 unspecified atom stereocenters. The Balaban J connectivity index is 1.53. The molecule has 0 amide bonds. The largest absolute Gasteiger partial charge is 0.434 e. The molecule has 3 aromatic rings. The van der Waals surface area contributed by atoms with Crippen LogP contribution in [0.25, 0.3) is 10.9 Å². The second-order valence-electron chi connectivity index (χ2n) is 6.04. The molecule has 2 aromatic heterocycles. The normalized spacial score (nSPS) is 12.6. The molecule has 0 aliphatic carbocycles. The number of guanidine groups is 1. The van der Waals surface area contributed by atoms with Gasteiger partial charge >= 0.3 is 6.18 Å². The molecule has 144 valence electrons. The number of nitrogens with zero attached hydrogens (tertiary/aromatic N) is 2. The lowest BCUT2D eigenvalue weighted by atomic mass is 10.1. The number of hydrogen-bond donors (Lipinski definition) is 3. The van der Waals surface area contributed by atoms with Gasteiger partial charge in [0.1, 0.15) is 5.01 Å². The lowest BCUT2D eigenvalue weighted by Gasteiger charge is -2.11. The molecular weight excluding hydrogens is 375 g/mol. The maximum Gasteiger partial charge on any atom is 0.434 e. The number of hydrogen-bond acceptors (Lipinski definition) is 3. The van der Waals surface area contributed by atoms with Crippen LogP contribution in [0, 0.1) is 6.92 Å². The lowest BCUT2D eigenvalue weighted by molar-refractivity contribution is -0.140. The summed E-state index contributed by atoms with van der Waals surface area (Å²) >= 11 is 0.973. The summed E-state index contributed by atoms with van der Waals surface area (Å²) in [6, 6.07) is 6.14. The number of thiazole rings is 1. The van der Waals surface area contributed by atoms with Crippen molar-refractivity contribution in [1.82, 2.24) is 20.6 Å². The van der Waals surface area contributed by atoms with Crippen LogP contribution in [0.4, 0.5) is 13.2 Å². The number of nitrogens with one attached hydrogen (secondary N) is 3. The second-order valence-corrected chi connectivity index (χ2v) is 6.98. The maximum atomic E-state index is 12.6. The molecule has 3 N–H and O–H groups in total. The van der Waals surface area contributed by atoms with Gasteiger partial charge in [-0.1, -0.05) is 12.1 Å². The molecule has 0 aliphatic rings. The number of halogens is 3. The van der Waals surface area contributed by atoms with E-state index in [-0.39, 0.29) is 6.54 Å². The molecule has 0 fully saturated rings. The Bertz CT molecular complexity index is 942. The Morgan fingerprint density at radius 1 is 1.30 bits per heavy atom. The molecule has 1 aromatic carbocycles. The van der Waals surface area contributed by atoms with Crippen molar-refractivity contribution in [2.45, 2.75) is 26.1 Å². The third-order valence-electron chi connectivity index (χ3n) is 4.16.